The van der Waals surface area contributed by atoms with Gasteiger partial charge in [-0.3, -0.25) is 9.36 Å². The molecule has 0 bridgehead atoms. The van der Waals surface area contributed by atoms with Crippen LogP contribution in [0.25, 0.3) is 6.08 Å². The molecular weight excluding hydrogens is 476 g/mol. The minimum atomic E-state index is -0.720. The number of aromatic nitrogens is 1. The first-order valence-electron chi connectivity index (χ1n) is 11.8. The topological polar surface area (TPSA) is 79.1 Å². The number of thiazole rings is 1. The number of carbonyl (C=O) groups is 1. The second kappa shape index (κ2) is 10.5. The van der Waals surface area contributed by atoms with Gasteiger partial charge in [0.1, 0.15) is 0 Å². The van der Waals surface area contributed by atoms with Crippen molar-refractivity contribution in [2.45, 2.75) is 46.8 Å². The number of benzene rings is 2. The third-order valence-corrected chi connectivity index (χ3v) is 6.74. The van der Waals surface area contributed by atoms with Gasteiger partial charge in [-0.25, -0.2) is 9.79 Å². The van der Waals surface area contributed by atoms with E-state index in [1.54, 1.807) is 37.7 Å². The van der Waals surface area contributed by atoms with Crippen LogP contribution in [-0.2, 0) is 9.53 Å². The van der Waals surface area contributed by atoms with Gasteiger partial charge < -0.3 is 14.2 Å². The number of hydrogen-bond acceptors (Lipinski definition) is 7. The number of carbonyl (C=O) groups excluding carboxylic acids is 1. The van der Waals surface area contributed by atoms with E-state index in [1.165, 1.54) is 11.3 Å². The molecule has 0 fully saturated rings. The van der Waals surface area contributed by atoms with Crippen LogP contribution in [0.4, 0.5) is 0 Å². The second-order valence-electron chi connectivity index (χ2n) is 8.79. The van der Waals surface area contributed by atoms with E-state index in [1.807, 2.05) is 57.2 Å². The largest absolute Gasteiger partial charge is 0.493 e. The smallest absolute Gasteiger partial charge is 0.338 e. The van der Waals surface area contributed by atoms with Gasteiger partial charge in [-0.1, -0.05) is 47.2 Å². The van der Waals surface area contributed by atoms with Gasteiger partial charge in [0.25, 0.3) is 5.56 Å². The van der Waals surface area contributed by atoms with Crippen molar-refractivity contribution < 1.29 is 19.0 Å². The zero-order valence-corrected chi connectivity index (χ0v) is 22.1. The lowest BCUT2D eigenvalue weighted by atomic mass is 9.95. The van der Waals surface area contributed by atoms with Crippen LogP contribution in [0.1, 0.15) is 50.4 Å². The van der Waals surface area contributed by atoms with Gasteiger partial charge in [-0.2, -0.15) is 0 Å². The monoisotopic (exact) mass is 506 g/mol. The molecule has 0 aliphatic carbocycles. The number of nitrogens with zero attached hydrogens (tertiary/aromatic N) is 2. The summed E-state index contributed by atoms with van der Waals surface area (Å²) in [7, 11) is 1.56. The van der Waals surface area contributed by atoms with Crippen LogP contribution >= 0.6 is 11.3 Å². The Morgan fingerprint density at radius 2 is 1.86 bits per heavy atom. The standard InChI is InChI=1S/C28H30N2O5S/c1-7-34-27(32)24-18(5)29-28-30(26(31)23(36-28)14-19-10-8-17(4)9-11-19)25(24)20-12-13-21(35-16(2)3)22(15-20)33-6/h8-16,25H,7H2,1-6H3. The third kappa shape index (κ3) is 4.99. The number of methoxy groups -OCH3 is 1. The Morgan fingerprint density at radius 1 is 1.14 bits per heavy atom. The van der Waals surface area contributed by atoms with Gasteiger partial charge in [-0.15, -0.1) is 0 Å². The minimum absolute atomic E-state index is 0.0403. The van der Waals surface area contributed by atoms with E-state index in [4.69, 9.17) is 14.2 Å². The van der Waals surface area contributed by atoms with Crippen molar-refractivity contribution in [1.82, 2.24) is 4.57 Å². The number of ether oxygens (including phenoxy) is 3. The molecule has 0 N–H and O–H groups in total. The number of aryl methyl sites for hydroxylation is 1. The highest BCUT2D eigenvalue weighted by Gasteiger charge is 2.34. The lowest BCUT2D eigenvalue weighted by Gasteiger charge is -2.25. The third-order valence-electron chi connectivity index (χ3n) is 5.76. The Labute approximate surface area is 214 Å². The molecule has 0 saturated carbocycles. The zero-order valence-electron chi connectivity index (χ0n) is 21.3. The minimum Gasteiger partial charge on any atom is -0.493 e. The van der Waals surface area contributed by atoms with Gasteiger partial charge in [0.15, 0.2) is 16.3 Å². The molecule has 0 saturated heterocycles. The normalized spacial score (nSPS) is 15.5. The molecule has 8 heteroatoms. The molecule has 7 nitrogen and oxygen atoms in total. The molecule has 2 aromatic carbocycles. The molecule has 36 heavy (non-hydrogen) atoms. The van der Waals surface area contributed by atoms with Crippen LogP contribution in [0, 0.1) is 6.92 Å². The Balaban J connectivity index is 1.94. The van der Waals surface area contributed by atoms with Crippen molar-refractivity contribution >= 4 is 23.4 Å². The predicted octanol–water partition coefficient (Wildman–Crippen LogP) is 3.90. The number of fused-ring (bicyclic) bond motifs is 1. The molecule has 0 spiro atoms. The number of allylic oxidation sites excluding steroid dienone is 1. The molecule has 1 aliphatic rings. The molecule has 0 amide bonds. The quantitative estimate of drug-likeness (QED) is 0.454. The van der Waals surface area contributed by atoms with Gasteiger partial charge in [0.05, 0.1) is 41.7 Å². The molecule has 3 aromatic rings. The Kier molecular flexibility index (Phi) is 7.45. The fourth-order valence-corrected chi connectivity index (χ4v) is 5.17. The highest BCUT2D eigenvalue weighted by molar-refractivity contribution is 7.07. The van der Waals surface area contributed by atoms with Crippen LogP contribution in [0.15, 0.2) is 63.5 Å². The Bertz CT molecular complexity index is 1500. The summed E-state index contributed by atoms with van der Waals surface area (Å²) < 4.78 is 18.9. The van der Waals surface area contributed by atoms with Gasteiger partial charge in [0.2, 0.25) is 0 Å². The molecule has 4 rings (SSSR count). The lowest BCUT2D eigenvalue weighted by molar-refractivity contribution is -0.139. The SMILES string of the molecule is CCOC(=O)C1=C(C)N=c2sc(=Cc3ccc(C)cc3)c(=O)n2C1c1ccc(OC(C)C)c(OC)c1. The summed E-state index contributed by atoms with van der Waals surface area (Å²) in [6.07, 6.45) is 1.81. The highest BCUT2D eigenvalue weighted by Crippen LogP contribution is 2.36. The second-order valence-corrected chi connectivity index (χ2v) is 9.80. The van der Waals surface area contributed by atoms with E-state index < -0.39 is 12.0 Å². The van der Waals surface area contributed by atoms with Crippen LogP contribution in [0.3, 0.4) is 0 Å². The van der Waals surface area contributed by atoms with Crippen molar-refractivity contribution in [3.8, 4) is 11.5 Å². The predicted molar refractivity (Wildman–Crippen MR) is 140 cm³/mol. The summed E-state index contributed by atoms with van der Waals surface area (Å²) in [5.41, 5.74) is 3.37. The summed E-state index contributed by atoms with van der Waals surface area (Å²) in [5, 5.41) is 0. The first-order chi connectivity index (χ1) is 17.2. The van der Waals surface area contributed by atoms with Crippen molar-refractivity contribution in [3.05, 3.63) is 90.1 Å². The van der Waals surface area contributed by atoms with Gasteiger partial charge in [-0.05, 0) is 64.0 Å². The molecule has 1 aliphatic heterocycles. The molecule has 1 atom stereocenters. The maximum atomic E-state index is 13.7. The van der Waals surface area contributed by atoms with Crippen LogP contribution in [0.2, 0.25) is 0 Å². The average molecular weight is 507 g/mol. The van der Waals surface area contributed by atoms with E-state index in [0.717, 1.165) is 11.1 Å². The van der Waals surface area contributed by atoms with Gasteiger partial charge >= 0.3 is 5.97 Å². The summed E-state index contributed by atoms with van der Waals surface area (Å²) in [4.78, 5) is 32.0. The van der Waals surface area contributed by atoms with E-state index >= 15 is 0 Å². The number of esters is 1. The Morgan fingerprint density at radius 3 is 2.50 bits per heavy atom. The first kappa shape index (κ1) is 25.4. The number of hydrogen-bond donors (Lipinski definition) is 0. The van der Waals surface area contributed by atoms with E-state index in [0.29, 0.717) is 37.7 Å². The summed E-state index contributed by atoms with van der Waals surface area (Å²) in [6.45, 7) is 9.62. The first-order valence-corrected chi connectivity index (χ1v) is 12.7. The van der Waals surface area contributed by atoms with Crippen LogP contribution in [0.5, 0.6) is 11.5 Å². The molecule has 1 aromatic heterocycles. The summed E-state index contributed by atoms with van der Waals surface area (Å²) in [6, 6.07) is 12.7. The maximum absolute atomic E-state index is 13.7. The van der Waals surface area contributed by atoms with Crippen LogP contribution in [-0.4, -0.2) is 30.4 Å². The summed E-state index contributed by atoms with van der Waals surface area (Å²) >= 11 is 1.30. The molecule has 188 valence electrons. The van der Waals surface area contributed by atoms with Crippen molar-refractivity contribution in [2.75, 3.05) is 13.7 Å². The van der Waals surface area contributed by atoms with Crippen LogP contribution < -0.4 is 24.4 Å². The average Bonchev–Trinajstić information content (AvgIpc) is 3.14. The molecule has 0 radical (unpaired) electrons. The maximum Gasteiger partial charge on any atom is 0.338 e. The van der Waals surface area contributed by atoms with E-state index in [9.17, 15) is 9.59 Å². The fourth-order valence-electron chi connectivity index (χ4n) is 4.13. The highest BCUT2D eigenvalue weighted by atomic mass is 32.1. The van der Waals surface area contributed by atoms with Crippen molar-refractivity contribution in [1.29, 1.82) is 0 Å². The fraction of sp³-hybridized carbons (Fsp3) is 0.321. The molecule has 2 heterocycles. The zero-order chi connectivity index (χ0) is 26.0. The molecule has 1 unspecified atom stereocenters. The Hall–Kier alpha value is -3.65. The number of rotatable bonds is 7. The van der Waals surface area contributed by atoms with E-state index in [-0.39, 0.29) is 18.3 Å². The van der Waals surface area contributed by atoms with Gasteiger partial charge in [0, 0.05) is 0 Å². The molecular formula is C28H30N2O5S. The lowest BCUT2D eigenvalue weighted by Crippen LogP contribution is -2.40. The van der Waals surface area contributed by atoms with Crippen molar-refractivity contribution in [3.63, 3.8) is 0 Å². The summed E-state index contributed by atoms with van der Waals surface area (Å²) in [5.74, 6) is 0.597. The van der Waals surface area contributed by atoms with Crippen molar-refractivity contribution in [2.24, 2.45) is 4.99 Å². The van der Waals surface area contributed by atoms with E-state index in [2.05, 4.69) is 4.99 Å².